The van der Waals surface area contributed by atoms with E-state index in [2.05, 4.69) is 24.3 Å². The highest BCUT2D eigenvalue weighted by Gasteiger charge is 2.55. The molecule has 2 aromatic carbocycles. The summed E-state index contributed by atoms with van der Waals surface area (Å²) >= 11 is 0. The second kappa shape index (κ2) is 10.9. The van der Waals surface area contributed by atoms with E-state index in [1.165, 1.54) is 11.1 Å². The first-order valence-corrected chi connectivity index (χ1v) is 14.7. The van der Waals surface area contributed by atoms with E-state index in [0.29, 0.717) is 32.4 Å². The number of carbonyl (C=O) groups is 3. The van der Waals surface area contributed by atoms with Crippen molar-refractivity contribution in [2.45, 2.75) is 89.8 Å². The molecule has 0 N–H and O–H groups in total. The van der Waals surface area contributed by atoms with Crippen molar-refractivity contribution in [3.8, 4) is 11.1 Å². The molecule has 0 radical (unpaired) electrons. The third-order valence-corrected chi connectivity index (χ3v) is 8.44. The minimum Gasteiger partial charge on any atom is -0.458 e. The van der Waals surface area contributed by atoms with E-state index in [0.717, 1.165) is 24.0 Å². The van der Waals surface area contributed by atoms with E-state index < -0.39 is 23.3 Å². The Morgan fingerprint density at radius 3 is 2.10 bits per heavy atom. The number of likely N-dealkylation sites (tertiary alicyclic amines) is 2. The summed E-state index contributed by atoms with van der Waals surface area (Å²) in [7, 11) is 0. The Kier molecular flexibility index (Phi) is 7.68. The summed E-state index contributed by atoms with van der Waals surface area (Å²) in [4.78, 5) is 44.5. The molecule has 2 atom stereocenters. The van der Waals surface area contributed by atoms with E-state index in [1.54, 1.807) is 9.80 Å². The molecule has 2 aliphatic heterocycles. The number of rotatable bonds is 6. The molecule has 7 heteroatoms. The number of hydrogen-bond donors (Lipinski definition) is 0. The zero-order valence-electron chi connectivity index (χ0n) is 24.4. The van der Waals surface area contributed by atoms with Gasteiger partial charge in [-0.05, 0) is 81.0 Å². The van der Waals surface area contributed by atoms with Gasteiger partial charge in [0, 0.05) is 19.0 Å². The van der Waals surface area contributed by atoms with Gasteiger partial charge in [-0.25, -0.2) is 9.59 Å². The maximum atomic E-state index is 14.2. The molecule has 0 aromatic heterocycles. The first-order chi connectivity index (χ1) is 19.0. The Morgan fingerprint density at radius 1 is 0.950 bits per heavy atom. The highest BCUT2D eigenvalue weighted by atomic mass is 16.6. The molecule has 2 aromatic rings. The van der Waals surface area contributed by atoms with Gasteiger partial charge in [-0.2, -0.15) is 0 Å². The summed E-state index contributed by atoms with van der Waals surface area (Å²) in [5.74, 6) is -0.375. The molecule has 0 bridgehead atoms. The Bertz CT molecular complexity index is 1240. The normalized spacial score (nSPS) is 21.5. The van der Waals surface area contributed by atoms with Crippen molar-refractivity contribution in [3.63, 3.8) is 0 Å². The highest BCUT2D eigenvalue weighted by Crippen LogP contribution is 2.45. The molecule has 0 unspecified atom stereocenters. The summed E-state index contributed by atoms with van der Waals surface area (Å²) in [6, 6.07) is 15.8. The first-order valence-electron chi connectivity index (χ1n) is 14.7. The Hall–Kier alpha value is -3.35. The van der Waals surface area contributed by atoms with Crippen LogP contribution in [0, 0.1) is 5.92 Å². The standard InChI is InChI=1S/C33H42N2O5/c1-22(2)20-28(29(36)40-32(3,4)5)34-18-10-16-33(30(34)37)17-11-19-35(33)31(38)39-21-27-25-14-8-6-12-23(25)24-13-7-9-15-26(24)27/h6-9,12-15,22,27-28H,10-11,16-21H2,1-5H3/t28-,33+/m1/s1. The van der Waals surface area contributed by atoms with Crippen molar-refractivity contribution in [1.82, 2.24) is 9.80 Å². The van der Waals surface area contributed by atoms with Gasteiger partial charge in [-0.15, -0.1) is 0 Å². The number of ether oxygens (including phenoxy) is 2. The summed E-state index contributed by atoms with van der Waals surface area (Å²) in [6.07, 6.45) is 2.67. The minimum atomic E-state index is -0.974. The molecule has 5 rings (SSSR count). The van der Waals surface area contributed by atoms with E-state index in [4.69, 9.17) is 9.47 Å². The lowest BCUT2D eigenvalue weighted by Gasteiger charge is -2.46. The zero-order valence-corrected chi connectivity index (χ0v) is 24.4. The van der Waals surface area contributed by atoms with Gasteiger partial charge in [0.05, 0.1) is 0 Å². The predicted octanol–water partition coefficient (Wildman–Crippen LogP) is 6.15. The van der Waals surface area contributed by atoms with Gasteiger partial charge < -0.3 is 14.4 Å². The molecule has 214 valence electrons. The third kappa shape index (κ3) is 5.23. The van der Waals surface area contributed by atoms with Crippen LogP contribution in [0.1, 0.15) is 83.8 Å². The van der Waals surface area contributed by atoms with Crippen LogP contribution in [-0.4, -0.2) is 64.6 Å². The molecule has 2 saturated heterocycles. The second-order valence-electron chi connectivity index (χ2n) is 12.9. The van der Waals surface area contributed by atoms with Crippen molar-refractivity contribution in [1.29, 1.82) is 0 Å². The van der Waals surface area contributed by atoms with Crippen molar-refractivity contribution in [3.05, 3.63) is 59.7 Å². The van der Waals surface area contributed by atoms with E-state index in [-0.39, 0.29) is 30.3 Å². The van der Waals surface area contributed by atoms with Crippen molar-refractivity contribution in [2.24, 2.45) is 5.92 Å². The fraction of sp³-hybridized carbons (Fsp3) is 0.545. The fourth-order valence-electron chi connectivity index (χ4n) is 6.78. The van der Waals surface area contributed by atoms with E-state index in [9.17, 15) is 14.4 Å². The molecular formula is C33H42N2O5. The molecule has 0 saturated carbocycles. The lowest BCUT2D eigenvalue weighted by molar-refractivity contribution is -0.170. The molecule has 2 heterocycles. The summed E-state index contributed by atoms with van der Waals surface area (Å²) in [5.41, 5.74) is 3.03. The quantitative estimate of drug-likeness (QED) is 0.406. The Labute approximate surface area is 237 Å². The molecular weight excluding hydrogens is 504 g/mol. The number of benzene rings is 2. The smallest absolute Gasteiger partial charge is 0.410 e. The highest BCUT2D eigenvalue weighted by molar-refractivity contribution is 5.94. The SMILES string of the molecule is CC(C)C[C@H](C(=O)OC(C)(C)C)N1CCC[C@]2(CCCN2C(=O)OCC2c3ccccc3-c3ccccc32)C1=O. The van der Waals surface area contributed by atoms with Crippen LogP contribution in [-0.2, 0) is 19.1 Å². The van der Waals surface area contributed by atoms with Gasteiger partial charge in [0.15, 0.2) is 0 Å². The second-order valence-corrected chi connectivity index (χ2v) is 12.9. The first kappa shape index (κ1) is 28.2. The van der Waals surface area contributed by atoms with Crippen LogP contribution >= 0.6 is 0 Å². The van der Waals surface area contributed by atoms with Gasteiger partial charge in [-0.3, -0.25) is 9.69 Å². The lowest BCUT2D eigenvalue weighted by atomic mass is 9.84. The average Bonchev–Trinajstić information content (AvgIpc) is 3.46. The van der Waals surface area contributed by atoms with Crippen LogP contribution in [0.2, 0.25) is 0 Å². The zero-order chi connectivity index (χ0) is 28.7. The van der Waals surface area contributed by atoms with E-state index >= 15 is 0 Å². The average molecular weight is 547 g/mol. The number of hydrogen-bond acceptors (Lipinski definition) is 5. The van der Waals surface area contributed by atoms with Crippen LogP contribution in [0.25, 0.3) is 11.1 Å². The number of esters is 1. The van der Waals surface area contributed by atoms with Crippen molar-refractivity contribution < 1.29 is 23.9 Å². The topological polar surface area (TPSA) is 76.2 Å². The van der Waals surface area contributed by atoms with Gasteiger partial charge in [-0.1, -0.05) is 62.4 Å². The van der Waals surface area contributed by atoms with Gasteiger partial charge in [0.25, 0.3) is 0 Å². The number of carbonyl (C=O) groups excluding carboxylic acids is 3. The molecule has 1 spiro atoms. The molecule has 1 aliphatic carbocycles. The van der Waals surface area contributed by atoms with Crippen LogP contribution in [0.15, 0.2) is 48.5 Å². The predicted molar refractivity (Wildman–Crippen MR) is 154 cm³/mol. The fourth-order valence-corrected chi connectivity index (χ4v) is 6.78. The van der Waals surface area contributed by atoms with Gasteiger partial charge >= 0.3 is 12.1 Å². The molecule has 2 amide bonds. The summed E-state index contributed by atoms with van der Waals surface area (Å²) in [6.45, 7) is 10.8. The summed E-state index contributed by atoms with van der Waals surface area (Å²) < 4.78 is 11.7. The Balaban J connectivity index is 1.35. The molecule has 7 nitrogen and oxygen atoms in total. The van der Waals surface area contributed by atoms with Crippen molar-refractivity contribution in [2.75, 3.05) is 19.7 Å². The minimum absolute atomic E-state index is 0.0453. The number of piperidine rings is 1. The van der Waals surface area contributed by atoms with Crippen LogP contribution in [0.3, 0.4) is 0 Å². The van der Waals surface area contributed by atoms with E-state index in [1.807, 2.05) is 58.9 Å². The number of nitrogens with zero attached hydrogens (tertiary/aromatic N) is 2. The summed E-state index contributed by atoms with van der Waals surface area (Å²) in [5, 5.41) is 0. The van der Waals surface area contributed by atoms with Gasteiger partial charge in [0.1, 0.15) is 23.8 Å². The van der Waals surface area contributed by atoms with Crippen LogP contribution in [0.4, 0.5) is 4.79 Å². The van der Waals surface area contributed by atoms with Crippen LogP contribution < -0.4 is 0 Å². The lowest BCUT2D eigenvalue weighted by Crippen LogP contribution is -2.64. The Morgan fingerprint density at radius 2 is 1.52 bits per heavy atom. The van der Waals surface area contributed by atoms with Crippen molar-refractivity contribution >= 4 is 18.0 Å². The molecule has 3 aliphatic rings. The third-order valence-electron chi connectivity index (χ3n) is 8.44. The van der Waals surface area contributed by atoms with Crippen LogP contribution in [0.5, 0.6) is 0 Å². The number of fused-ring (bicyclic) bond motifs is 3. The molecule has 40 heavy (non-hydrogen) atoms. The monoisotopic (exact) mass is 546 g/mol. The molecule has 2 fully saturated rings. The largest absolute Gasteiger partial charge is 0.458 e. The number of amides is 2. The van der Waals surface area contributed by atoms with Gasteiger partial charge in [0.2, 0.25) is 5.91 Å². The maximum Gasteiger partial charge on any atom is 0.410 e. The maximum absolute atomic E-state index is 14.2.